The Labute approximate surface area is 211 Å². The van der Waals surface area contributed by atoms with Gasteiger partial charge in [0, 0.05) is 45.7 Å². The highest BCUT2D eigenvalue weighted by Crippen LogP contribution is 2.43. The zero-order valence-corrected chi connectivity index (χ0v) is 19.6. The molecule has 0 aliphatic heterocycles. The lowest BCUT2D eigenvalue weighted by molar-refractivity contribution is 0.666. The summed E-state index contributed by atoms with van der Waals surface area (Å²) in [7, 11) is 0. The number of hydrogen-bond donors (Lipinski definition) is 0. The van der Waals surface area contributed by atoms with E-state index in [0.29, 0.717) is 0 Å². The van der Waals surface area contributed by atoms with E-state index in [1.54, 1.807) is 12.4 Å². The van der Waals surface area contributed by atoms with Crippen LogP contribution in [-0.4, -0.2) is 9.97 Å². The molecule has 0 unspecified atom stereocenters. The topological polar surface area (TPSA) is 55.3 Å². The van der Waals surface area contributed by atoms with Gasteiger partial charge in [0.25, 0.3) is 0 Å². The van der Waals surface area contributed by atoms with E-state index in [4.69, 9.17) is 13.8 Å². The summed E-state index contributed by atoms with van der Waals surface area (Å²) in [6.45, 7) is 0. The first-order valence-corrected chi connectivity index (χ1v) is 12.1. The normalized spacial score (nSPS) is 11.8. The summed E-state index contributed by atoms with van der Waals surface area (Å²) >= 11 is 0. The molecule has 8 rings (SSSR count). The van der Waals surface area contributed by atoms with Gasteiger partial charge in [-0.2, -0.15) is 0 Å². The molecule has 5 nitrogen and oxygen atoms in total. The maximum Gasteiger partial charge on any atom is 0.159 e. The highest BCUT2D eigenvalue weighted by Gasteiger charge is 2.21. The minimum absolute atomic E-state index is 0.743. The van der Waals surface area contributed by atoms with E-state index in [-0.39, 0.29) is 0 Å². The van der Waals surface area contributed by atoms with Crippen molar-refractivity contribution in [1.29, 1.82) is 0 Å². The van der Waals surface area contributed by atoms with E-state index in [1.165, 1.54) is 5.39 Å². The van der Waals surface area contributed by atoms with Crippen molar-refractivity contribution >= 4 is 71.8 Å². The molecule has 4 heterocycles. The fourth-order valence-electron chi connectivity index (χ4n) is 5.26. The number of pyridine rings is 2. The fourth-order valence-corrected chi connectivity index (χ4v) is 5.26. The summed E-state index contributed by atoms with van der Waals surface area (Å²) in [5, 5.41) is 6.44. The lowest BCUT2D eigenvalue weighted by Gasteiger charge is -2.24. The Hall–Kier alpha value is -5.16. The van der Waals surface area contributed by atoms with E-state index in [9.17, 15) is 0 Å². The smallest absolute Gasteiger partial charge is 0.159 e. The van der Waals surface area contributed by atoms with Crippen molar-refractivity contribution in [2.75, 3.05) is 4.90 Å². The van der Waals surface area contributed by atoms with Gasteiger partial charge in [0.1, 0.15) is 17.0 Å². The molecular formula is C32H19N3O2. The average molecular weight is 478 g/mol. The van der Waals surface area contributed by atoms with Crippen LogP contribution in [0.3, 0.4) is 0 Å². The number of rotatable bonds is 3. The maximum absolute atomic E-state index is 6.38. The van der Waals surface area contributed by atoms with Crippen LogP contribution in [0.1, 0.15) is 0 Å². The fraction of sp³-hybridized carbons (Fsp3) is 0. The van der Waals surface area contributed by atoms with E-state index < -0.39 is 0 Å². The number of nitrogens with zero attached hydrogens (tertiary/aromatic N) is 3. The summed E-state index contributed by atoms with van der Waals surface area (Å²) in [6, 6.07) is 33.1. The third-order valence-electron chi connectivity index (χ3n) is 6.99. The molecule has 174 valence electrons. The van der Waals surface area contributed by atoms with Crippen LogP contribution in [0.15, 0.2) is 124 Å². The lowest BCUT2D eigenvalue weighted by Crippen LogP contribution is -2.11. The zero-order chi connectivity index (χ0) is 24.3. The Bertz CT molecular complexity index is 2120. The number of benzene rings is 4. The third kappa shape index (κ3) is 3.04. The van der Waals surface area contributed by atoms with Crippen LogP contribution in [0, 0.1) is 0 Å². The molecule has 0 aliphatic carbocycles. The molecule has 37 heavy (non-hydrogen) atoms. The first-order chi connectivity index (χ1) is 18.3. The first-order valence-electron chi connectivity index (χ1n) is 12.1. The minimum Gasteiger partial charge on any atom is -0.456 e. The molecule has 0 saturated carbocycles. The van der Waals surface area contributed by atoms with Crippen LogP contribution in [0.25, 0.3) is 54.6 Å². The average Bonchev–Trinajstić information content (AvgIpc) is 3.52. The summed E-state index contributed by atoms with van der Waals surface area (Å²) < 4.78 is 12.6. The number of fused-ring (bicyclic) bond motifs is 7. The molecule has 0 aliphatic rings. The predicted molar refractivity (Wildman–Crippen MR) is 149 cm³/mol. The monoisotopic (exact) mass is 477 g/mol. The van der Waals surface area contributed by atoms with E-state index >= 15 is 0 Å². The van der Waals surface area contributed by atoms with Gasteiger partial charge in [-0.1, -0.05) is 60.7 Å². The van der Waals surface area contributed by atoms with E-state index in [2.05, 4.69) is 76.6 Å². The van der Waals surface area contributed by atoms with Gasteiger partial charge < -0.3 is 8.83 Å². The van der Waals surface area contributed by atoms with Gasteiger partial charge in [0.2, 0.25) is 0 Å². The van der Waals surface area contributed by atoms with Crippen molar-refractivity contribution in [2.45, 2.75) is 0 Å². The molecule has 8 aromatic rings. The second-order valence-electron chi connectivity index (χ2n) is 9.13. The van der Waals surface area contributed by atoms with Gasteiger partial charge >= 0.3 is 0 Å². The van der Waals surface area contributed by atoms with Gasteiger partial charge in [0.05, 0.1) is 11.9 Å². The number of anilines is 3. The second kappa shape index (κ2) is 7.67. The van der Waals surface area contributed by atoms with Crippen LogP contribution in [0.2, 0.25) is 0 Å². The van der Waals surface area contributed by atoms with Crippen molar-refractivity contribution in [2.24, 2.45) is 0 Å². The number of aromatic nitrogens is 2. The van der Waals surface area contributed by atoms with Gasteiger partial charge in [-0.3, -0.25) is 9.88 Å². The lowest BCUT2D eigenvalue weighted by atomic mass is 10.1. The number of para-hydroxylation sites is 2. The molecule has 0 N–H and O–H groups in total. The molecular weight excluding hydrogens is 458 g/mol. The molecule has 0 spiro atoms. The molecule has 0 amide bonds. The Morgan fingerprint density at radius 2 is 1.41 bits per heavy atom. The van der Waals surface area contributed by atoms with E-state index in [0.717, 1.165) is 66.5 Å². The Balaban J connectivity index is 1.42. The highest BCUT2D eigenvalue weighted by atomic mass is 16.3. The molecule has 5 heteroatoms. The SMILES string of the molecule is c1ccc2cc(N(c3cc4oc5ccccc5c4cn3)c3cccc4c3oc3cnccc34)ccc2c1. The van der Waals surface area contributed by atoms with Gasteiger partial charge in [-0.25, -0.2) is 4.98 Å². The molecule has 4 aromatic heterocycles. The molecule has 0 bridgehead atoms. The summed E-state index contributed by atoms with van der Waals surface area (Å²) in [5.74, 6) is 0.743. The van der Waals surface area contributed by atoms with Gasteiger partial charge in [0.15, 0.2) is 11.2 Å². The standard InChI is InChI=1S/C32H19N3O2/c1-2-7-21-16-22(13-12-20(21)6-1)35(27-10-5-9-25-24-14-15-33-19-30(24)37-32(25)27)31-17-29-26(18-34-31)23-8-3-4-11-28(23)36-29/h1-19H. The summed E-state index contributed by atoms with van der Waals surface area (Å²) in [4.78, 5) is 11.3. The molecule has 0 fully saturated rings. The van der Waals surface area contributed by atoms with Crippen LogP contribution >= 0.6 is 0 Å². The van der Waals surface area contributed by atoms with Crippen molar-refractivity contribution < 1.29 is 8.83 Å². The molecule has 0 atom stereocenters. The van der Waals surface area contributed by atoms with Crippen LogP contribution in [-0.2, 0) is 0 Å². The zero-order valence-electron chi connectivity index (χ0n) is 19.6. The Kier molecular flexibility index (Phi) is 4.16. The Morgan fingerprint density at radius 1 is 0.568 bits per heavy atom. The largest absolute Gasteiger partial charge is 0.456 e. The number of furan rings is 2. The maximum atomic E-state index is 6.38. The van der Waals surface area contributed by atoms with Crippen LogP contribution in [0.4, 0.5) is 17.2 Å². The van der Waals surface area contributed by atoms with Crippen LogP contribution < -0.4 is 4.90 Å². The quantitative estimate of drug-likeness (QED) is 0.254. The Morgan fingerprint density at radius 3 is 2.38 bits per heavy atom. The van der Waals surface area contributed by atoms with Crippen LogP contribution in [0.5, 0.6) is 0 Å². The number of hydrogen-bond acceptors (Lipinski definition) is 5. The molecule has 0 saturated heterocycles. The molecule has 4 aromatic carbocycles. The van der Waals surface area contributed by atoms with Crippen molar-refractivity contribution in [3.8, 4) is 0 Å². The second-order valence-corrected chi connectivity index (χ2v) is 9.13. The van der Waals surface area contributed by atoms with Crippen molar-refractivity contribution in [1.82, 2.24) is 9.97 Å². The van der Waals surface area contributed by atoms with E-state index in [1.807, 2.05) is 36.5 Å². The first kappa shape index (κ1) is 20.1. The van der Waals surface area contributed by atoms with Gasteiger partial charge in [-0.15, -0.1) is 0 Å². The third-order valence-corrected chi connectivity index (χ3v) is 6.99. The summed E-state index contributed by atoms with van der Waals surface area (Å²) in [5.41, 5.74) is 5.05. The molecule has 0 radical (unpaired) electrons. The van der Waals surface area contributed by atoms with Gasteiger partial charge in [-0.05, 0) is 41.1 Å². The van der Waals surface area contributed by atoms with Crippen molar-refractivity contribution in [3.63, 3.8) is 0 Å². The minimum atomic E-state index is 0.743. The predicted octanol–water partition coefficient (Wildman–Crippen LogP) is 8.90. The highest BCUT2D eigenvalue weighted by molar-refractivity contribution is 6.10. The summed E-state index contributed by atoms with van der Waals surface area (Å²) in [6.07, 6.45) is 5.45. The van der Waals surface area contributed by atoms with Crippen molar-refractivity contribution in [3.05, 3.63) is 116 Å².